The minimum absolute atomic E-state index is 0.00898. The lowest BCUT2D eigenvalue weighted by Gasteiger charge is -1.99. The summed E-state index contributed by atoms with van der Waals surface area (Å²) >= 11 is 5.51. The third kappa shape index (κ3) is 1.36. The van der Waals surface area contributed by atoms with Gasteiger partial charge in [0.05, 0.1) is 11.0 Å². The van der Waals surface area contributed by atoms with Crippen LogP contribution in [0.4, 0.5) is 5.69 Å². The quantitative estimate of drug-likeness (QED) is 0.613. The van der Waals surface area contributed by atoms with Crippen LogP contribution in [0.5, 0.6) is 0 Å². The van der Waals surface area contributed by atoms with E-state index in [1.807, 2.05) is 0 Å². The van der Waals surface area contributed by atoms with E-state index in [0.29, 0.717) is 0 Å². The van der Waals surface area contributed by atoms with Gasteiger partial charge in [-0.15, -0.1) is 0 Å². The van der Waals surface area contributed by atoms with Gasteiger partial charge in [0.1, 0.15) is 5.56 Å². The molecule has 0 fully saturated rings. The number of halogens is 1. The second-order valence-corrected chi connectivity index (χ2v) is 2.43. The van der Waals surface area contributed by atoms with Crippen molar-refractivity contribution in [1.82, 2.24) is 0 Å². The number of hydrogen-bond donors (Lipinski definition) is 0. The Hall–Kier alpha value is -1.60. The molecule has 0 atom stereocenters. The largest absolute Gasteiger partial charge is 0.544 e. The van der Waals surface area contributed by atoms with Crippen molar-refractivity contribution in [3.8, 4) is 0 Å². The van der Waals surface area contributed by atoms with Crippen molar-refractivity contribution in [2.24, 2.45) is 0 Å². The molecule has 0 aromatic heterocycles. The Kier molecular flexibility index (Phi) is 2.26. The summed E-state index contributed by atoms with van der Waals surface area (Å²) in [6.45, 7) is 0. The Balaban J connectivity index is 3.42. The molecule has 0 spiro atoms. The van der Waals surface area contributed by atoms with Gasteiger partial charge in [-0.05, 0) is 6.07 Å². The second kappa shape index (κ2) is 3.20. The maximum atomic E-state index is 10.4. The van der Waals surface area contributed by atoms with E-state index in [1.54, 1.807) is 0 Å². The molecule has 1 aromatic rings. The normalized spacial score (nSPS) is 9.00. The average Bonchev–Trinajstić information content (AvgIpc) is 2.03. The highest BCUT2D eigenvalue weighted by Crippen LogP contribution is 2.25. The summed E-state index contributed by atoms with van der Waals surface area (Å²) in [5.41, 5.74) is -0.413. The van der Waals surface area contributed by atoms with E-state index in [0.717, 1.165) is 0 Å². The second-order valence-electron chi connectivity index (χ2n) is 2.02. The first-order valence-corrected chi connectivity index (χ1v) is 3.39. The molecular formula is C7H3ClN2O2. The highest BCUT2D eigenvalue weighted by molar-refractivity contribution is 6.34. The van der Waals surface area contributed by atoms with Crippen LogP contribution >= 0.6 is 11.6 Å². The van der Waals surface area contributed by atoms with Crippen LogP contribution in [0.15, 0.2) is 18.2 Å². The number of carboxylic acid groups (broad SMARTS) is 1. The van der Waals surface area contributed by atoms with E-state index in [1.165, 1.54) is 18.2 Å². The molecule has 0 saturated carbocycles. The molecule has 0 amide bonds. The van der Waals surface area contributed by atoms with Gasteiger partial charge < -0.3 is 9.90 Å². The molecule has 0 radical (unpaired) electrons. The van der Waals surface area contributed by atoms with Gasteiger partial charge in [0.15, 0.2) is 4.98 Å². The van der Waals surface area contributed by atoms with Gasteiger partial charge >= 0.3 is 5.69 Å². The molecule has 0 N–H and O–H groups in total. The summed E-state index contributed by atoms with van der Waals surface area (Å²) in [6.07, 6.45) is 0. The predicted molar refractivity (Wildman–Crippen MR) is 40.5 cm³/mol. The number of rotatable bonds is 1. The van der Waals surface area contributed by atoms with Gasteiger partial charge in [-0.3, -0.25) is 0 Å². The van der Waals surface area contributed by atoms with E-state index < -0.39 is 5.97 Å². The topological polar surface area (TPSA) is 68.3 Å². The molecule has 12 heavy (non-hydrogen) atoms. The van der Waals surface area contributed by atoms with Crippen molar-refractivity contribution in [3.05, 3.63) is 33.8 Å². The number of carbonyl (C=O) groups excluding carboxylic acids is 1. The monoisotopic (exact) mass is 182 g/mol. The highest BCUT2D eigenvalue weighted by Gasteiger charge is 2.16. The van der Waals surface area contributed by atoms with Crippen LogP contribution in [-0.2, 0) is 0 Å². The number of nitrogens with zero attached hydrogens (tertiary/aromatic N) is 2. The minimum Gasteiger partial charge on any atom is -0.544 e. The zero-order valence-corrected chi connectivity index (χ0v) is 6.58. The smallest absolute Gasteiger partial charge is 0.395 e. The van der Waals surface area contributed by atoms with Crippen LogP contribution in [0, 0.1) is 5.39 Å². The van der Waals surface area contributed by atoms with Crippen molar-refractivity contribution in [1.29, 1.82) is 5.39 Å². The summed E-state index contributed by atoms with van der Waals surface area (Å²) in [5, 5.41) is 18.8. The Bertz CT molecular complexity index is 370. The average molecular weight is 183 g/mol. The molecule has 0 aliphatic carbocycles. The van der Waals surface area contributed by atoms with Crippen LogP contribution in [0.2, 0.25) is 5.02 Å². The van der Waals surface area contributed by atoms with E-state index >= 15 is 0 Å². The molecule has 1 rings (SSSR count). The van der Waals surface area contributed by atoms with Crippen molar-refractivity contribution < 1.29 is 9.90 Å². The Morgan fingerprint density at radius 1 is 1.58 bits per heavy atom. The highest BCUT2D eigenvalue weighted by atomic mass is 35.5. The summed E-state index contributed by atoms with van der Waals surface area (Å²) in [6, 6.07) is 4.17. The number of aromatic carboxylic acids is 1. The lowest BCUT2D eigenvalue weighted by molar-refractivity contribution is -0.254. The molecule has 0 aliphatic rings. The molecular weight excluding hydrogens is 180 g/mol. The molecule has 0 bridgehead atoms. The molecule has 5 heteroatoms. The van der Waals surface area contributed by atoms with Gasteiger partial charge in [-0.1, -0.05) is 17.7 Å². The molecule has 60 valence electrons. The number of diazo groups is 1. The van der Waals surface area contributed by atoms with Gasteiger partial charge in [0.25, 0.3) is 0 Å². The summed E-state index contributed by atoms with van der Waals surface area (Å²) < 4.78 is 0. The molecule has 1 aromatic carbocycles. The van der Waals surface area contributed by atoms with Crippen LogP contribution in [0.3, 0.4) is 0 Å². The van der Waals surface area contributed by atoms with E-state index in [9.17, 15) is 9.90 Å². The zero-order valence-electron chi connectivity index (χ0n) is 5.82. The van der Waals surface area contributed by atoms with E-state index in [4.69, 9.17) is 17.0 Å². The number of hydrogen-bond acceptors (Lipinski definition) is 3. The van der Waals surface area contributed by atoms with Crippen molar-refractivity contribution in [2.45, 2.75) is 0 Å². The Morgan fingerprint density at radius 2 is 2.25 bits per heavy atom. The van der Waals surface area contributed by atoms with Crippen LogP contribution in [-0.4, -0.2) is 5.97 Å². The summed E-state index contributed by atoms with van der Waals surface area (Å²) in [7, 11) is 0. The predicted octanol–water partition coefficient (Wildman–Crippen LogP) is 1.19. The minimum atomic E-state index is -1.46. The molecule has 0 saturated heterocycles. The van der Waals surface area contributed by atoms with Gasteiger partial charge in [-0.2, -0.15) is 0 Å². The first-order chi connectivity index (χ1) is 5.66. The third-order valence-corrected chi connectivity index (χ3v) is 1.62. The fraction of sp³-hybridized carbons (Fsp3) is 0. The van der Waals surface area contributed by atoms with Crippen LogP contribution in [0.1, 0.15) is 10.4 Å². The maximum Gasteiger partial charge on any atom is 0.395 e. The maximum absolute atomic E-state index is 10.4. The number of carboxylic acids is 1. The van der Waals surface area contributed by atoms with E-state index in [2.05, 4.69) is 4.98 Å². The Morgan fingerprint density at radius 3 is 2.67 bits per heavy atom. The first kappa shape index (κ1) is 8.50. The SMILES string of the molecule is N#[N+]c1cccc(Cl)c1C(=O)[O-]. The summed E-state index contributed by atoms with van der Waals surface area (Å²) in [4.78, 5) is 13.2. The third-order valence-electron chi connectivity index (χ3n) is 1.30. The van der Waals surface area contributed by atoms with Gasteiger partial charge in [0, 0.05) is 6.07 Å². The first-order valence-electron chi connectivity index (χ1n) is 3.01. The fourth-order valence-corrected chi connectivity index (χ4v) is 1.04. The Labute approximate surface area is 73.0 Å². The van der Waals surface area contributed by atoms with E-state index in [-0.39, 0.29) is 16.3 Å². The van der Waals surface area contributed by atoms with Crippen LogP contribution in [0.25, 0.3) is 4.98 Å². The molecule has 0 aliphatic heterocycles. The van der Waals surface area contributed by atoms with Gasteiger partial charge in [0.2, 0.25) is 5.39 Å². The number of benzene rings is 1. The number of carbonyl (C=O) groups is 1. The lowest BCUT2D eigenvalue weighted by Crippen LogP contribution is -2.22. The molecule has 0 heterocycles. The zero-order chi connectivity index (χ0) is 9.14. The van der Waals surface area contributed by atoms with Crippen molar-refractivity contribution in [3.63, 3.8) is 0 Å². The van der Waals surface area contributed by atoms with Crippen LogP contribution < -0.4 is 5.11 Å². The lowest BCUT2D eigenvalue weighted by atomic mass is 10.2. The molecule has 0 unspecified atom stereocenters. The standard InChI is InChI=1S/C7H3ClN2O2/c8-4-2-1-3-5(10-9)6(4)7(11)12/h1-3H. The van der Waals surface area contributed by atoms with Crippen molar-refractivity contribution in [2.75, 3.05) is 0 Å². The summed E-state index contributed by atoms with van der Waals surface area (Å²) in [5.74, 6) is -1.46. The fourth-order valence-electron chi connectivity index (χ4n) is 0.798. The van der Waals surface area contributed by atoms with Crippen molar-refractivity contribution >= 4 is 23.3 Å². The molecule has 4 nitrogen and oxygen atoms in total. The van der Waals surface area contributed by atoms with Gasteiger partial charge in [-0.25, -0.2) is 0 Å².